The smallest absolute Gasteiger partial charge is 0.123 e. The first kappa shape index (κ1) is 13.3. The van der Waals surface area contributed by atoms with Gasteiger partial charge in [-0.25, -0.2) is 4.39 Å². The molecule has 0 radical (unpaired) electrons. The van der Waals surface area contributed by atoms with Crippen LogP contribution in [0, 0.1) is 5.82 Å². The van der Waals surface area contributed by atoms with Gasteiger partial charge in [0.1, 0.15) is 11.9 Å². The number of aromatic nitrogens is 1. The van der Waals surface area contributed by atoms with Gasteiger partial charge in [-0.15, -0.1) is 0 Å². The second-order valence-corrected chi connectivity index (χ2v) is 5.09. The molecule has 2 aromatic rings. The summed E-state index contributed by atoms with van der Waals surface area (Å²) in [5.41, 5.74) is 1.93. The van der Waals surface area contributed by atoms with Crippen molar-refractivity contribution in [3.05, 3.63) is 59.1 Å². The fraction of sp³-hybridized carbons (Fsp3) is 0.267. The van der Waals surface area contributed by atoms with Crippen LogP contribution in [0.1, 0.15) is 11.7 Å². The SMILES string of the molecule is Fc1ccc(C2CN(c3ccncc3Cl)CCO2)cc1. The minimum absolute atomic E-state index is 0.0754. The molecule has 1 aromatic carbocycles. The summed E-state index contributed by atoms with van der Waals surface area (Å²) in [7, 11) is 0. The Kier molecular flexibility index (Phi) is 3.85. The van der Waals surface area contributed by atoms with Crippen molar-refractivity contribution < 1.29 is 9.13 Å². The lowest BCUT2D eigenvalue weighted by Crippen LogP contribution is -2.38. The zero-order chi connectivity index (χ0) is 13.9. The number of anilines is 1. The summed E-state index contributed by atoms with van der Waals surface area (Å²) in [6, 6.07) is 8.33. The van der Waals surface area contributed by atoms with Crippen molar-refractivity contribution in [1.82, 2.24) is 4.98 Å². The molecule has 0 N–H and O–H groups in total. The topological polar surface area (TPSA) is 25.4 Å². The van der Waals surface area contributed by atoms with Gasteiger partial charge in [0.05, 0.1) is 17.3 Å². The van der Waals surface area contributed by atoms with Crippen molar-refractivity contribution in [2.75, 3.05) is 24.6 Å². The minimum atomic E-state index is -0.237. The molecule has 1 fully saturated rings. The molecule has 1 saturated heterocycles. The van der Waals surface area contributed by atoms with Gasteiger partial charge < -0.3 is 9.64 Å². The van der Waals surface area contributed by atoms with Crippen LogP contribution in [0.4, 0.5) is 10.1 Å². The molecule has 2 heterocycles. The second kappa shape index (κ2) is 5.77. The van der Waals surface area contributed by atoms with E-state index in [1.807, 2.05) is 6.07 Å². The Balaban J connectivity index is 1.80. The summed E-state index contributed by atoms with van der Waals surface area (Å²) in [4.78, 5) is 6.16. The van der Waals surface area contributed by atoms with Crippen LogP contribution in [0.5, 0.6) is 0 Å². The summed E-state index contributed by atoms with van der Waals surface area (Å²) >= 11 is 6.18. The average Bonchev–Trinajstić information content (AvgIpc) is 2.49. The summed E-state index contributed by atoms with van der Waals surface area (Å²) < 4.78 is 18.7. The molecule has 0 bridgehead atoms. The van der Waals surface area contributed by atoms with Gasteiger partial charge >= 0.3 is 0 Å². The van der Waals surface area contributed by atoms with Crippen molar-refractivity contribution in [2.24, 2.45) is 0 Å². The van der Waals surface area contributed by atoms with Crippen molar-refractivity contribution >= 4 is 17.3 Å². The maximum absolute atomic E-state index is 13.0. The minimum Gasteiger partial charge on any atom is -0.370 e. The zero-order valence-corrected chi connectivity index (χ0v) is 11.6. The van der Waals surface area contributed by atoms with Crippen LogP contribution in [0.3, 0.4) is 0 Å². The third-order valence-electron chi connectivity index (χ3n) is 3.40. The molecule has 3 rings (SSSR count). The molecule has 20 heavy (non-hydrogen) atoms. The summed E-state index contributed by atoms with van der Waals surface area (Å²) in [6.07, 6.45) is 3.29. The number of morpholine rings is 1. The second-order valence-electron chi connectivity index (χ2n) is 4.68. The largest absolute Gasteiger partial charge is 0.370 e. The van der Waals surface area contributed by atoms with Crippen molar-refractivity contribution in [1.29, 1.82) is 0 Å². The third kappa shape index (κ3) is 2.76. The Morgan fingerprint density at radius 3 is 2.80 bits per heavy atom. The number of benzene rings is 1. The molecule has 1 aliphatic rings. The molecule has 0 saturated carbocycles. The fourth-order valence-electron chi connectivity index (χ4n) is 2.37. The highest BCUT2D eigenvalue weighted by molar-refractivity contribution is 6.33. The lowest BCUT2D eigenvalue weighted by Gasteiger charge is -2.35. The maximum Gasteiger partial charge on any atom is 0.123 e. The van der Waals surface area contributed by atoms with Crippen molar-refractivity contribution in [3.63, 3.8) is 0 Å². The van der Waals surface area contributed by atoms with E-state index >= 15 is 0 Å². The van der Waals surface area contributed by atoms with Gasteiger partial charge in [-0.2, -0.15) is 0 Å². The molecule has 1 unspecified atom stereocenters. The van der Waals surface area contributed by atoms with Crippen LogP contribution in [-0.4, -0.2) is 24.7 Å². The van der Waals surface area contributed by atoms with Gasteiger partial charge in [0.15, 0.2) is 0 Å². The van der Waals surface area contributed by atoms with Crippen molar-refractivity contribution in [3.8, 4) is 0 Å². The molecule has 1 aliphatic heterocycles. The third-order valence-corrected chi connectivity index (χ3v) is 3.69. The Labute approximate surface area is 122 Å². The molecule has 0 aliphatic carbocycles. The molecule has 3 nitrogen and oxygen atoms in total. The van der Waals surface area contributed by atoms with E-state index < -0.39 is 0 Å². The number of rotatable bonds is 2. The highest BCUT2D eigenvalue weighted by atomic mass is 35.5. The van der Waals surface area contributed by atoms with Gasteiger partial charge in [0, 0.05) is 25.5 Å². The molecule has 0 amide bonds. The van der Waals surface area contributed by atoms with E-state index in [0.717, 1.165) is 17.8 Å². The Hall–Kier alpha value is -1.65. The van der Waals surface area contributed by atoms with E-state index in [1.165, 1.54) is 12.1 Å². The van der Waals surface area contributed by atoms with Crippen LogP contribution in [0.15, 0.2) is 42.7 Å². The number of hydrogen-bond donors (Lipinski definition) is 0. The van der Waals surface area contributed by atoms with Crippen LogP contribution in [0.2, 0.25) is 5.02 Å². The molecule has 0 spiro atoms. The zero-order valence-electron chi connectivity index (χ0n) is 10.8. The standard InChI is InChI=1S/C15H14ClFN2O/c16-13-9-18-6-5-14(13)19-7-8-20-15(10-19)11-1-3-12(17)4-2-11/h1-6,9,15H,7-8,10H2. The number of pyridine rings is 1. The van der Waals surface area contributed by atoms with Gasteiger partial charge in [0.25, 0.3) is 0 Å². The Bertz CT molecular complexity index is 591. The Morgan fingerprint density at radius 2 is 2.05 bits per heavy atom. The van der Waals surface area contributed by atoms with Crippen LogP contribution < -0.4 is 4.90 Å². The molecule has 104 valence electrons. The van der Waals surface area contributed by atoms with Crippen LogP contribution in [0.25, 0.3) is 0 Å². The van der Waals surface area contributed by atoms with Crippen molar-refractivity contribution in [2.45, 2.75) is 6.10 Å². The quantitative estimate of drug-likeness (QED) is 0.848. The number of nitrogens with zero attached hydrogens (tertiary/aromatic N) is 2. The molecule has 1 atom stereocenters. The van der Waals surface area contributed by atoms with Gasteiger partial charge in [-0.05, 0) is 23.8 Å². The van der Waals surface area contributed by atoms with E-state index in [2.05, 4.69) is 9.88 Å². The van der Waals surface area contributed by atoms with E-state index in [4.69, 9.17) is 16.3 Å². The molecular weight excluding hydrogens is 279 g/mol. The van der Waals surface area contributed by atoms with Crippen LogP contribution in [-0.2, 0) is 4.74 Å². The van der Waals surface area contributed by atoms with E-state index in [0.29, 0.717) is 18.2 Å². The van der Waals surface area contributed by atoms with E-state index in [9.17, 15) is 4.39 Å². The highest BCUT2D eigenvalue weighted by Gasteiger charge is 2.23. The first-order valence-corrected chi connectivity index (χ1v) is 6.83. The number of hydrogen-bond acceptors (Lipinski definition) is 3. The average molecular weight is 293 g/mol. The predicted octanol–water partition coefficient (Wildman–Crippen LogP) is 3.45. The lowest BCUT2D eigenvalue weighted by atomic mass is 10.1. The molecule has 5 heteroatoms. The first-order chi connectivity index (χ1) is 9.74. The molecular formula is C15H14ClFN2O. The van der Waals surface area contributed by atoms with Crippen LogP contribution >= 0.6 is 11.6 Å². The summed E-state index contributed by atoms with van der Waals surface area (Å²) in [5.74, 6) is -0.237. The Morgan fingerprint density at radius 1 is 1.25 bits per heavy atom. The summed E-state index contributed by atoms with van der Waals surface area (Å²) in [5, 5.41) is 0.632. The highest BCUT2D eigenvalue weighted by Crippen LogP contribution is 2.30. The van der Waals surface area contributed by atoms with Gasteiger partial charge in [-0.3, -0.25) is 4.98 Å². The van der Waals surface area contributed by atoms with E-state index in [1.54, 1.807) is 24.5 Å². The fourth-order valence-corrected chi connectivity index (χ4v) is 2.61. The van der Waals surface area contributed by atoms with E-state index in [-0.39, 0.29) is 11.9 Å². The normalized spacial score (nSPS) is 19.1. The number of ether oxygens (including phenoxy) is 1. The summed E-state index contributed by atoms with van der Waals surface area (Å²) in [6.45, 7) is 2.08. The first-order valence-electron chi connectivity index (χ1n) is 6.45. The van der Waals surface area contributed by atoms with Gasteiger partial charge in [-0.1, -0.05) is 23.7 Å². The number of halogens is 2. The lowest BCUT2D eigenvalue weighted by molar-refractivity contribution is 0.0397. The predicted molar refractivity (Wildman–Crippen MR) is 76.6 cm³/mol. The van der Waals surface area contributed by atoms with Gasteiger partial charge in [0.2, 0.25) is 0 Å². The molecule has 1 aromatic heterocycles. The maximum atomic E-state index is 13.0. The monoisotopic (exact) mass is 292 g/mol.